The molecule has 0 aliphatic heterocycles. The molecular weight excluding hydrogens is 416 g/mol. The molecule has 0 bridgehead atoms. The minimum atomic E-state index is -0.431. The molecule has 0 unspecified atom stereocenters. The first-order valence-corrected chi connectivity index (χ1v) is 10.7. The van der Waals surface area contributed by atoms with E-state index in [4.69, 9.17) is 17.3 Å². The molecule has 0 radical (unpaired) electrons. The van der Waals surface area contributed by atoms with Crippen LogP contribution < -0.4 is 5.73 Å². The zero-order chi connectivity index (χ0) is 20.9. The van der Waals surface area contributed by atoms with Crippen LogP contribution in [-0.2, 0) is 12.3 Å². The smallest absolute Gasteiger partial charge is 0.248 e. The van der Waals surface area contributed by atoms with Crippen molar-refractivity contribution in [2.75, 3.05) is 0 Å². The average molecular weight is 435 g/mol. The monoisotopic (exact) mass is 434 g/mol. The van der Waals surface area contributed by atoms with Crippen LogP contribution in [0.3, 0.4) is 0 Å². The van der Waals surface area contributed by atoms with E-state index in [2.05, 4.69) is 26.9 Å². The highest BCUT2D eigenvalue weighted by Crippen LogP contribution is 2.28. The van der Waals surface area contributed by atoms with Crippen molar-refractivity contribution in [1.29, 1.82) is 0 Å². The summed E-state index contributed by atoms with van der Waals surface area (Å²) in [6.07, 6.45) is 0. The fraction of sp³-hybridized carbons (Fsp3) is 0.0870. The second-order valence-corrected chi connectivity index (χ2v) is 8.12. The van der Waals surface area contributed by atoms with Gasteiger partial charge in [0.15, 0.2) is 11.0 Å². The molecule has 0 atom stereocenters. The second kappa shape index (κ2) is 9.15. The highest BCUT2D eigenvalue weighted by Gasteiger charge is 2.15. The number of halogens is 1. The zero-order valence-corrected chi connectivity index (χ0v) is 17.6. The summed E-state index contributed by atoms with van der Waals surface area (Å²) in [7, 11) is 0. The van der Waals surface area contributed by atoms with Gasteiger partial charge in [0.2, 0.25) is 5.91 Å². The minimum Gasteiger partial charge on any atom is -0.366 e. The SMILES string of the molecule is NC(=O)c1cccc(CSc2nnc(-c3ccc(Cl)cc3)n2Cc2ccccc2)c1. The van der Waals surface area contributed by atoms with Gasteiger partial charge in [0.05, 0.1) is 6.54 Å². The Labute approximate surface area is 183 Å². The molecule has 1 heterocycles. The van der Waals surface area contributed by atoms with Crippen molar-refractivity contribution >= 4 is 29.3 Å². The van der Waals surface area contributed by atoms with Gasteiger partial charge in [0, 0.05) is 21.9 Å². The molecule has 1 aromatic heterocycles. The quantitative estimate of drug-likeness (QED) is 0.413. The molecule has 0 saturated heterocycles. The van der Waals surface area contributed by atoms with Crippen molar-refractivity contribution in [3.63, 3.8) is 0 Å². The number of carbonyl (C=O) groups is 1. The van der Waals surface area contributed by atoms with E-state index in [-0.39, 0.29) is 0 Å². The summed E-state index contributed by atoms with van der Waals surface area (Å²) >= 11 is 7.62. The third kappa shape index (κ3) is 4.72. The van der Waals surface area contributed by atoms with Crippen molar-refractivity contribution in [3.8, 4) is 11.4 Å². The number of benzene rings is 3. The summed E-state index contributed by atoms with van der Waals surface area (Å²) in [4.78, 5) is 11.4. The van der Waals surface area contributed by atoms with Crippen LogP contribution >= 0.6 is 23.4 Å². The van der Waals surface area contributed by atoms with Crippen molar-refractivity contribution in [2.45, 2.75) is 17.5 Å². The van der Waals surface area contributed by atoms with Crippen LogP contribution in [0.4, 0.5) is 0 Å². The Morgan fingerprint density at radius 2 is 1.67 bits per heavy atom. The number of hydrogen-bond donors (Lipinski definition) is 1. The maximum atomic E-state index is 11.4. The third-order valence-electron chi connectivity index (χ3n) is 4.58. The fourth-order valence-corrected chi connectivity index (χ4v) is 4.09. The Hall–Kier alpha value is -3.09. The Kier molecular flexibility index (Phi) is 6.16. The van der Waals surface area contributed by atoms with E-state index in [1.807, 2.05) is 60.7 Å². The fourth-order valence-electron chi connectivity index (χ4n) is 3.08. The number of nitrogens with zero attached hydrogens (tertiary/aromatic N) is 3. The highest BCUT2D eigenvalue weighted by molar-refractivity contribution is 7.98. The van der Waals surface area contributed by atoms with E-state index < -0.39 is 5.91 Å². The first-order chi connectivity index (χ1) is 14.6. The molecule has 7 heteroatoms. The molecule has 0 spiro atoms. The lowest BCUT2D eigenvalue weighted by atomic mass is 10.1. The van der Waals surface area contributed by atoms with Crippen molar-refractivity contribution in [2.24, 2.45) is 5.73 Å². The minimum absolute atomic E-state index is 0.431. The largest absolute Gasteiger partial charge is 0.366 e. The first-order valence-electron chi connectivity index (χ1n) is 9.35. The number of rotatable bonds is 7. The Bertz CT molecular complexity index is 1160. The molecular formula is C23H19ClN4OS. The van der Waals surface area contributed by atoms with Crippen molar-refractivity contribution < 1.29 is 4.79 Å². The van der Waals surface area contributed by atoms with Gasteiger partial charge in [0.1, 0.15) is 0 Å². The molecule has 5 nitrogen and oxygen atoms in total. The molecule has 4 rings (SSSR count). The number of amides is 1. The van der Waals surface area contributed by atoms with E-state index in [1.165, 1.54) is 0 Å². The first kappa shape index (κ1) is 20.2. The van der Waals surface area contributed by atoms with E-state index >= 15 is 0 Å². The molecule has 0 aliphatic rings. The van der Waals surface area contributed by atoms with E-state index in [1.54, 1.807) is 17.8 Å². The van der Waals surface area contributed by atoms with Crippen LogP contribution in [-0.4, -0.2) is 20.7 Å². The van der Waals surface area contributed by atoms with Crippen molar-refractivity contribution in [3.05, 3.63) is 101 Å². The summed E-state index contributed by atoms with van der Waals surface area (Å²) in [5.74, 6) is 0.998. The molecule has 150 valence electrons. The highest BCUT2D eigenvalue weighted by atomic mass is 35.5. The molecule has 0 aliphatic carbocycles. The summed E-state index contributed by atoms with van der Waals surface area (Å²) in [5.41, 5.74) is 9.00. The van der Waals surface area contributed by atoms with E-state index in [0.717, 1.165) is 27.7 Å². The number of carbonyl (C=O) groups excluding carboxylic acids is 1. The second-order valence-electron chi connectivity index (χ2n) is 6.74. The maximum absolute atomic E-state index is 11.4. The maximum Gasteiger partial charge on any atom is 0.248 e. The molecule has 30 heavy (non-hydrogen) atoms. The lowest BCUT2D eigenvalue weighted by molar-refractivity contribution is 0.1000. The summed E-state index contributed by atoms with van der Waals surface area (Å²) in [6, 6.07) is 25.1. The summed E-state index contributed by atoms with van der Waals surface area (Å²) < 4.78 is 2.10. The normalized spacial score (nSPS) is 10.8. The molecule has 2 N–H and O–H groups in total. The number of hydrogen-bond acceptors (Lipinski definition) is 4. The average Bonchev–Trinajstić information content (AvgIpc) is 3.16. The van der Waals surface area contributed by atoms with Gasteiger partial charge in [-0.05, 0) is 47.5 Å². The van der Waals surface area contributed by atoms with Gasteiger partial charge in [-0.2, -0.15) is 0 Å². The molecule has 0 saturated carbocycles. The van der Waals surface area contributed by atoms with Gasteiger partial charge >= 0.3 is 0 Å². The molecule has 1 amide bonds. The lowest BCUT2D eigenvalue weighted by Gasteiger charge is -2.11. The van der Waals surface area contributed by atoms with Gasteiger partial charge in [-0.3, -0.25) is 9.36 Å². The van der Waals surface area contributed by atoms with Crippen LogP contribution in [0.1, 0.15) is 21.5 Å². The number of primary amides is 1. The van der Waals surface area contributed by atoms with Crippen LogP contribution in [0.5, 0.6) is 0 Å². The topological polar surface area (TPSA) is 73.8 Å². The molecule has 4 aromatic rings. The standard InChI is InChI=1S/C23H19ClN4OS/c24-20-11-9-18(10-12-20)22-26-27-23(28(22)14-16-5-2-1-3-6-16)30-15-17-7-4-8-19(13-17)21(25)29/h1-13H,14-15H2,(H2,25,29). The predicted octanol–water partition coefficient (Wildman–Crippen LogP) is 5.04. The van der Waals surface area contributed by atoms with E-state index in [9.17, 15) is 4.79 Å². The number of nitrogens with two attached hydrogens (primary N) is 1. The van der Waals surface area contributed by atoms with Crippen molar-refractivity contribution in [1.82, 2.24) is 14.8 Å². The van der Waals surface area contributed by atoms with E-state index in [0.29, 0.717) is 22.9 Å². The third-order valence-corrected chi connectivity index (χ3v) is 5.87. The predicted molar refractivity (Wildman–Crippen MR) is 121 cm³/mol. The van der Waals surface area contributed by atoms with Gasteiger partial charge < -0.3 is 5.73 Å². The summed E-state index contributed by atoms with van der Waals surface area (Å²) in [6.45, 7) is 0.648. The van der Waals surface area contributed by atoms with Gasteiger partial charge in [-0.1, -0.05) is 65.8 Å². The molecule has 0 fully saturated rings. The zero-order valence-electron chi connectivity index (χ0n) is 16.0. The Morgan fingerprint density at radius 3 is 2.40 bits per heavy atom. The van der Waals surface area contributed by atoms with Gasteiger partial charge in [-0.15, -0.1) is 10.2 Å². The lowest BCUT2D eigenvalue weighted by Crippen LogP contribution is -2.10. The Morgan fingerprint density at radius 1 is 0.933 bits per heavy atom. The van der Waals surface area contributed by atoms with Crippen LogP contribution in [0, 0.1) is 0 Å². The number of thioether (sulfide) groups is 1. The van der Waals surface area contributed by atoms with Crippen LogP contribution in [0.15, 0.2) is 84.0 Å². The molecule has 3 aromatic carbocycles. The summed E-state index contributed by atoms with van der Waals surface area (Å²) in [5, 5.41) is 10.4. The number of aromatic nitrogens is 3. The Balaban J connectivity index is 1.64. The van der Waals surface area contributed by atoms with Crippen LogP contribution in [0.25, 0.3) is 11.4 Å². The van der Waals surface area contributed by atoms with Crippen LogP contribution in [0.2, 0.25) is 5.02 Å². The van der Waals surface area contributed by atoms with Gasteiger partial charge in [0.25, 0.3) is 0 Å². The van der Waals surface area contributed by atoms with Gasteiger partial charge in [-0.25, -0.2) is 0 Å².